The van der Waals surface area contributed by atoms with E-state index in [2.05, 4.69) is 5.10 Å². The third kappa shape index (κ3) is 3.76. The Labute approximate surface area is 143 Å². The second kappa shape index (κ2) is 7.58. The lowest BCUT2D eigenvalue weighted by molar-refractivity contribution is -0.130. The highest BCUT2D eigenvalue weighted by Gasteiger charge is 2.34. The standard InChI is InChI=1S/C14H25N5O4S/c1-4-18(5-2)24(22,23)19-10-8-17(9-11-19)14(21)12-6-7-13(20)16(3)15-12/h4-11H2,1-3H3. The van der Waals surface area contributed by atoms with E-state index in [1.165, 1.54) is 20.7 Å². The van der Waals surface area contributed by atoms with Crippen molar-refractivity contribution in [3.8, 4) is 0 Å². The zero-order valence-corrected chi connectivity index (χ0v) is 15.3. The molecule has 0 unspecified atom stereocenters. The molecule has 0 aromatic heterocycles. The molecule has 10 heteroatoms. The van der Waals surface area contributed by atoms with Gasteiger partial charge in [0.1, 0.15) is 5.71 Å². The highest BCUT2D eigenvalue weighted by molar-refractivity contribution is 7.86. The summed E-state index contributed by atoms with van der Waals surface area (Å²) in [5.41, 5.74) is 0.358. The van der Waals surface area contributed by atoms with E-state index in [1.54, 1.807) is 18.7 Å². The van der Waals surface area contributed by atoms with Crippen molar-refractivity contribution in [2.45, 2.75) is 26.7 Å². The molecule has 1 fully saturated rings. The van der Waals surface area contributed by atoms with Crippen LogP contribution >= 0.6 is 0 Å². The van der Waals surface area contributed by atoms with Crippen molar-refractivity contribution in [3.63, 3.8) is 0 Å². The second-order valence-electron chi connectivity index (χ2n) is 5.75. The normalized spacial score (nSPS) is 20.5. The first-order valence-corrected chi connectivity index (χ1v) is 9.59. The first kappa shape index (κ1) is 18.8. The van der Waals surface area contributed by atoms with Crippen molar-refractivity contribution < 1.29 is 18.0 Å². The van der Waals surface area contributed by atoms with Crippen LogP contribution in [0.1, 0.15) is 26.7 Å². The lowest BCUT2D eigenvalue weighted by Crippen LogP contribution is -2.55. The number of piperazine rings is 1. The van der Waals surface area contributed by atoms with Crippen LogP contribution in [-0.2, 0) is 19.8 Å². The Kier molecular flexibility index (Phi) is 5.94. The highest BCUT2D eigenvalue weighted by Crippen LogP contribution is 2.14. The highest BCUT2D eigenvalue weighted by atomic mass is 32.2. The van der Waals surface area contributed by atoms with Crippen LogP contribution in [-0.4, -0.2) is 90.8 Å². The Bertz CT molecular complexity index is 621. The van der Waals surface area contributed by atoms with Gasteiger partial charge in [-0.25, -0.2) is 5.01 Å². The molecule has 0 aromatic carbocycles. The fourth-order valence-electron chi connectivity index (χ4n) is 2.84. The summed E-state index contributed by atoms with van der Waals surface area (Å²) in [7, 11) is -1.94. The number of nitrogens with zero attached hydrogens (tertiary/aromatic N) is 5. The van der Waals surface area contributed by atoms with Gasteiger partial charge in [0, 0.05) is 59.2 Å². The lowest BCUT2D eigenvalue weighted by atomic mass is 10.1. The molecule has 2 rings (SSSR count). The first-order chi connectivity index (χ1) is 11.3. The maximum absolute atomic E-state index is 12.5. The van der Waals surface area contributed by atoms with Crippen LogP contribution in [0.3, 0.4) is 0 Å². The topological polar surface area (TPSA) is 93.6 Å². The van der Waals surface area contributed by atoms with Gasteiger partial charge in [0.15, 0.2) is 0 Å². The number of rotatable bonds is 5. The van der Waals surface area contributed by atoms with Gasteiger partial charge in [0.25, 0.3) is 16.1 Å². The van der Waals surface area contributed by atoms with Crippen LogP contribution in [0.5, 0.6) is 0 Å². The molecule has 0 N–H and O–H groups in total. The molecule has 0 saturated carbocycles. The fourth-order valence-corrected chi connectivity index (χ4v) is 4.45. The molecule has 1 saturated heterocycles. The minimum Gasteiger partial charge on any atom is -0.335 e. The third-order valence-electron chi connectivity index (χ3n) is 4.34. The molecule has 2 aliphatic heterocycles. The summed E-state index contributed by atoms with van der Waals surface area (Å²) in [4.78, 5) is 25.5. The van der Waals surface area contributed by atoms with E-state index in [-0.39, 0.29) is 31.3 Å². The van der Waals surface area contributed by atoms with Gasteiger partial charge in [-0.2, -0.15) is 22.1 Å². The average Bonchev–Trinajstić information content (AvgIpc) is 2.57. The van der Waals surface area contributed by atoms with Crippen LogP contribution in [0.4, 0.5) is 0 Å². The molecule has 0 aromatic rings. The van der Waals surface area contributed by atoms with Gasteiger partial charge in [-0.1, -0.05) is 13.8 Å². The minimum atomic E-state index is -3.47. The summed E-state index contributed by atoms with van der Waals surface area (Å²) in [6.07, 6.45) is 0.608. The van der Waals surface area contributed by atoms with Gasteiger partial charge < -0.3 is 4.90 Å². The maximum Gasteiger partial charge on any atom is 0.282 e. The SMILES string of the molecule is CCN(CC)S(=O)(=O)N1CCN(C(=O)C2=NN(C)C(=O)CC2)CC1. The molecule has 0 radical (unpaired) electrons. The van der Waals surface area contributed by atoms with Crippen molar-refractivity contribution in [1.29, 1.82) is 0 Å². The van der Waals surface area contributed by atoms with Crippen molar-refractivity contribution in [2.75, 3.05) is 46.3 Å². The van der Waals surface area contributed by atoms with Gasteiger partial charge in [0.05, 0.1) is 0 Å². The monoisotopic (exact) mass is 359 g/mol. The summed E-state index contributed by atoms with van der Waals surface area (Å²) >= 11 is 0. The predicted molar refractivity (Wildman–Crippen MR) is 89.4 cm³/mol. The molecule has 2 aliphatic rings. The summed E-state index contributed by atoms with van der Waals surface area (Å²) in [5.74, 6) is -0.323. The van der Waals surface area contributed by atoms with Crippen LogP contribution in [0.2, 0.25) is 0 Å². The molecule has 2 heterocycles. The van der Waals surface area contributed by atoms with Crippen molar-refractivity contribution >= 4 is 27.7 Å². The first-order valence-electron chi connectivity index (χ1n) is 8.19. The Hall–Kier alpha value is -1.52. The number of hydrogen-bond donors (Lipinski definition) is 0. The molecular formula is C14H25N5O4S. The summed E-state index contributed by atoms with van der Waals surface area (Å²) in [6.45, 7) is 5.66. The Morgan fingerprint density at radius 3 is 2.21 bits per heavy atom. The molecular weight excluding hydrogens is 334 g/mol. The van der Waals surface area contributed by atoms with Gasteiger partial charge in [0.2, 0.25) is 5.91 Å². The summed E-state index contributed by atoms with van der Waals surface area (Å²) in [5, 5.41) is 5.22. The molecule has 0 bridgehead atoms. The Balaban J connectivity index is 1.99. The molecule has 24 heavy (non-hydrogen) atoms. The van der Waals surface area contributed by atoms with Gasteiger partial charge in [-0.15, -0.1) is 0 Å². The second-order valence-corrected chi connectivity index (χ2v) is 7.68. The molecule has 2 amide bonds. The molecule has 0 spiro atoms. The fraction of sp³-hybridized carbons (Fsp3) is 0.786. The van der Waals surface area contributed by atoms with Crippen LogP contribution in [0.15, 0.2) is 5.10 Å². The zero-order chi connectivity index (χ0) is 17.9. The van der Waals surface area contributed by atoms with Gasteiger partial charge >= 0.3 is 0 Å². The zero-order valence-electron chi connectivity index (χ0n) is 14.4. The smallest absolute Gasteiger partial charge is 0.282 e. The van der Waals surface area contributed by atoms with E-state index in [0.717, 1.165) is 0 Å². The predicted octanol–water partition coefficient (Wildman–Crippen LogP) is -0.675. The van der Waals surface area contributed by atoms with Gasteiger partial charge in [-0.3, -0.25) is 9.59 Å². The van der Waals surface area contributed by atoms with Crippen molar-refractivity contribution in [3.05, 3.63) is 0 Å². The van der Waals surface area contributed by atoms with Crippen molar-refractivity contribution in [2.24, 2.45) is 5.10 Å². The largest absolute Gasteiger partial charge is 0.335 e. The minimum absolute atomic E-state index is 0.110. The van der Waals surface area contributed by atoms with E-state index in [4.69, 9.17) is 0 Å². The number of hydrazone groups is 1. The third-order valence-corrected chi connectivity index (χ3v) is 6.52. The Morgan fingerprint density at radius 2 is 1.71 bits per heavy atom. The summed E-state index contributed by atoms with van der Waals surface area (Å²) < 4.78 is 27.8. The number of carbonyl (C=O) groups is 2. The van der Waals surface area contributed by atoms with Crippen LogP contribution < -0.4 is 0 Å². The summed E-state index contributed by atoms with van der Waals surface area (Å²) in [6, 6.07) is 0. The van der Waals surface area contributed by atoms with E-state index >= 15 is 0 Å². The quantitative estimate of drug-likeness (QED) is 0.650. The van der Waals surface area contributed by atoms with Crippen molar-refractivity contribution in [1.82, 2.24) is 18.5 Å². The van der Waals surface area contributed by atoms with Crippen LogP contribution in [0.25, 0.3) is 0 Å². The van der Waals surface area contributed by atoms with E-state index in [1.807, 2.05) is 0 Å². The van der Waals surface area contributed by atoms with E-state index in [0.29, 0.717) is 38.3 Å². The number of carbonyl (C=O) groups excluding carboxylic acids is 2. The molecule has 9 nitrogen and oxygen atoms in total. The van der Waals surface area contributed by atoms with Gasteiger partial charge in [-0.05, 0) is 0 Å². The molecule has 136 valence electrons. The number of amides is 2. The Morgan fingerprint density at radius 1 is 1.12 bits per heavy atom. The molecule has 0 aliphatic carbocycles. The molecule has 0 atom stereocenters. The van der Waals surface area contributed by atoms with E-state index < -0.39 is 10.2 Å². The van der Waals surface area contributed by atoms with Crippen LogP contribution in [0, 0.1) is 0 Å². The lowest BCUT2D eigenvalue weighted by Gasteiger charge is -2.36. The number of hydrogen-bond acceptors (Lipinski definition) is 5. The van der Waals surface area contributed by atoms with E-state index in [9.17, 15) is 18.0 Å². The average molecular weight is 359 g/mol. The maximum atomic E-state index is 12.5.